The van der Waals surface area contributed by atoms with Crippen LogP contribution >= 0.6 is 0 Å². The first-order chi connectivity index (χ1) is 8.72. The molecule has 0 aliphatic heterocycles. The fourth-order valence-corrected chi connectivity index (χ4v) is 1.62. The van der Waals surface area contributed by atoms with Crippen molar-refractivity contribution in [2.45, 2.75) is 19.9 Å². The van der Waals surface area contributed by atoms with E-state index in [4.69, 9.17) is 9.68 Å². The van der Waals surface area contributed by atoms with Crippen LogP contribution in [-0.4, -0.2) is 0 Å². The fraction of sp³-hybridized carbons (Fsp3) is 0.214. The van der Waals surface area contributed by atoms with Gasteiger partial charge in [0.1, 0.15) is 17.3 Å². The Morgan fingerprint density at radius 2 is 2.06 bits per heavy atom. The summed E-state index contributed by atoms with van der Waals surface area (Å²) < 4.78 is 19.1. The molecule has 0 atom stereocenters. The van der Waals surface area contributed by atoms with Crippen molar-refractivity contribution in [2.24, 2.45) is 0 Å². The molecule has 0 amide bonds. The number of hydrogen-bond donors (Lipinski definition) is 1. The van der Waals surface area contributed by atoms with Gasteiger partial charge in [0.25, 0.3) is 0 Å². The predicted molar refractivity (Wildman–Crippen MR) is 66.5 cm³/mol. The van der Waals surface area contributed by atoms with E-state index >= 15 is 0 Å². The summed E-state index contributed by atoms with van der Waals surface area (Å²) in [6.07, 6.45) is 0.839. The molecule has 0 fully saturated rings. The van der Waals surface area contributed by atoms with E-state index in [2.05, 4.69) is 5.32 Å². The van der Waals surface area contributed by atoms with Gasteiger partial charge in [-0.25, -0.2) is 4.39 Å². The maximum absolute atomic E-state index is 13.6. The van der Waals surface area contributed by atoms with E-state index in [0.717, 1.165) is 17.9 Å². The van der Waals surface area contributed by atoms with E-state index in [1.165, 1.54) is 6.07 Å². The Morgan fingerprint density at radius 3 is 2.67 bits per heavy atom. The lowest BCUT2D eigenvalue weighted by Crippen LogP contribution is -2.00. The second-order valence-corrected chi connectivity index (χ2v) is 3.88. The van der Waals surface area contributed by atoms with E-state index in [1.54, 1.807) is 12.1 Å². The topological polar surface area (TPSA) is 49.0 Å². The highest BCUT2D eigenvalue weighted by molar-refractivity contribution is 5.48. The van der Waals surface area contributed by atoms with Crippen molar-refractivity contribution < 1.29 is 8.81 Å². The van der Waals surface area contributed by atoms with Gasteiger partial charge in [0.05, 0.1) is 23.9 Å². The van der Waals surface area contributed by atoms with Gasteiger partial charge in [0.15, 0.2) is 0 Å². The van der Waals surface area contributed by atoms with Crippen molar-refractivity contribution in [3.63, 3.8) is 0 Å². The zero-order valence-electron chi connectivity index (χ0n) is 10.0. The summed E-state index contributed by atoms with van der Waals surface area (Å²) in [5.74, 6) is 1.24. The molecule has 1 aromatic carbocycles. The molecule has 3 nitrogen and oxygen atoms in total. The number of nitrogens with zero attached hydrogens (tertiary/aromatic N) is 1. The maximum atomic E-state index is 13.6. The van der Waals surface area contributed by atoms with Crippen LogP contribution in [0.25, 0.3) is 0 Å². The summed E-state index contributed by atoms with van der Waals surface area (Å²) in [4.78, 5) is 0. The number of benzene rings is 1. The normalized spacial score (nSPS) is 10.1. The van der Waals surface area contributed by atoms with Crippen LogP contribution in [0.5, 0.6) is 0 Å². The van der Waals surface area contributed by atoms with Crippen molar-refractivity contribution >= 4 is 5.69 Å². The molecule has 0 aliphatic rings. The highest BCUT2D eigenvalue weighted by Crippen LogP contribution is 2.17. The predicted octanol–water partition coefficient (Wildman–Crippen LogP) is 3.46. The van der Waals surface area contributed by atoms with Crippen molar-refractivity contribution in [3.05, 3.63) is 53.2 Å². The number of rotatable bonds is 4. The van der Waals surface area contributed by atoms with Gasteiger partial charge in [-0.15, -0.1) is 0 Å². The third-order valence-electron chi connectivity index (χ3n) is 2.62. The average molecular weight is 244 g/mol. The van der Waals surface area contributed by atoms with Crippen LogP contribution in [0, 0.1) is 17.1 Å². The lowest BCUT2D eigenvalue weighted by molar-refractivity contribution is 0.475. The largest absolute Gasteiger partial charge is 0.464 e. The van der Waals surface area contributed by atoms with Crippen molar-refractivity contribution in [1.82, 2.24) is 0 Å². The Labute approximate surface area is 105 Å². The van der Waals surface area contributed by atoms with Crippen molar-refractivity contribution in [3.8, 4) is 6.07 Å². The minimum atomic E-state index is -0.434. The summed E-state index contributed by atoms with van der Waals surface area (Å²) in [6.45, 7) is 2.43. The molecule has 1 heterocycles. The van der Waals surface area contributed by atoms with Gasteiger partial charge in [-0.3, -0.25) is 0 Å². The van der Waals surface area contributed by atoms with Gasteiger partial charge in [0, 0.05) is 6.42 Å². The number of furan rings is 1. The Morgan fingerprint density at radius 1 is 1.28 bits per heavy atom. The molecule has 0 radical (unpaired) electrons. The van der Waals surface area contributed by atoms with Crippen LogP contribution in [0.1, 0.15) is 24.0 Å². The molecular formula is C14H13FN2O. The summed E-state index contributed by atoms with van der Waals surface area (Å²) in [5.41, 5.74) is 0.674. The monoisotopic (exact) mass is 244 g/mol. The summed E-state index contributed by atoms with van der Waals surface area (Å²) in [7, 11) is 0. The SMILES string of the molecule is CCc1ccc(CNc2ccc(C#N)cc2F)o1. The average Bonchev–Trinajstić information content (AvgIpc) is 2.85. The zero-order valence-corrected chi connectivity index (χ0v) is 10.0. The lowest BCUT2D eigenvalue weighted by atomic mass is 10.2. The molecule has 0 spiro atoms. The van der Waals surface area contributed by atoms with Gasteiger partial charge in [-0.1, -0.05) is 6.92 Å². The van der Waals surface area contributed by atoms with E-state index in [9.17, 15) is 4.39 Å². The second kappa shape index (κ2) is 5.37. The molecule has 2 aromatic rings. The van der Waals surface area contributed by atoms with Crippen LogP contribution in [0.2, 0.25) is 0 Å². The van der Waals surface area contributed by atoms with Crippen LogP contribution in [0.3, 0.4) is 0 Å². The molecule has 4 heteroatoms. The van der Waals surface area contributed by atoms with Crippen molar-refractivity contribution in [1.29, 1.82) is 5.26 Å². The maximum Gasteiger partial charge on any atom is 0.147 e. The molecule has 0 saturated heterocycles. The molecule has 0 saturated carbocycles. The Kier molecular flexibility index (Phi) is 3.63. The van der Waals surface area contributed by atoms with E-state index in [-0.39, 0.29) is 0 Å². The number of halogens is 1. The van der Waals surface area contributed by atoms with E-state index in [1.807, 2.05) is 25.1 Å². The first-order valence-electron chi connectivity index (χ1n) is 5.74. The highest BCUT2D eigenvalue weighted by Gasteiger charge is 2.05. The first kappa shape index (κ1) is 12.2. The quantitative estimate of drug-likeness (QED) is 0.895. The molecule has 18 heavy (non-hydrogen) atoms. The number of nitrogens with one attached hydrogen (secondary N) is 1. The van der Waals surface area contributed by atoms with E-state index < -0.39 is 5.82 Å². The van der Waals surface area contributed by atoms with Crippen LogP contribution in [0.4, 0.5) is 10.1 Å². The Balaban J connectivity index is 2.04. The molecule has 0 aliphatic carbocycles. The third kappa shape index (κ3) is 2.69. The molecule has 2 rings (SSSR count). The molecule has 92 valence electrons. The molecular weight excluding hydrogens is 231 g/mol. The Bertz CT molecular complexity index is 584. The van der Waals surface area contributed by atoms with Gasteiger partial charge >= 0.3 is 0 Å². The van der Waals surface area contributed by atoms with Crippen LogP contribution in [0.15, 0.2) is 34.7 Å². The smallest absolute Gasteiger partial charge is 0.147 e. The Hall–Kier alpha value is -2.28. The molecule has 0 bridgehead atoms. The van der Waals surface area contributed by atoms with Crippen LogP contribution < -0.4 is 5.32 Å². The van der Waals surface area contributed by atoms with E-state index in [0.29, 0.717) is 17.8 Å². The third-order valence-corrected chi connectivity index (χ3v) is 2.62. The molecule has 1 N–H and O–H groups in total. The molecule has 0 unspecified atom stereocenters. The van der Waals surface area contributed by atoms with Crippen LogP contribution in [-0.2, 0) is 13.0 Å². The second-order valence-electron chi connectivity index (χ2n) is 3.88. The summed E-state index contributed by atoms with van der Waals surface area (Å²) in [5, 5.41) is 11.6. The number of nitriles is 1. The summed E-state index contributed by atoms with van der Waals surface area (Å²) in [6, 6.07) is 10.0. The highest BCUT2D eigenvalue weighted by atomic mass is 19.1. The van der Waals surface area contributed by atoms with Gasteiger partial charge in [-0.05, 0) is 30.3 Å². The van der Waals surface area contributed by atoms with Gasteiger partial charge < -0.3 is 9.73 Å². The number of anilines is 1. The number of hydrogen-bond acceptors (Lipinski definition) is 3. The minimum absolute atomic E-state index is 0.310. The minimum Gasteiger partial charge on any atom is -0.464 e. The van der Waals surface area contributed by atoms with Gasteiger partial charge in [-0.2, -0.15) is 5.26 Å². The zero-order chi connectivity index (χ0) is 13.0. The molecule has 1 aromatic heterocycles. The standard InChI is InChI=1S/C14H13FN2O/c1-2-11-4-5-12(18-11)9-17-14-6-3-10(8-16)7-13(14)15/h3-7,17H,2,9H2,1H3. The lowest BCUT2D eigenvalue weighted by Gasteiger charge is -2.05. The first-order valence-corrected chi connectivity index (χ1v) is 5.74. The van der Waals surface area contributed by atoms with Gasteiger partial charge in [0.2, 0.25) is 0 Å². The fourth-order valence-electron chi connectivity index (χ4n) is 1.62. The number of aryl methyl sites for hydroxylation is 1. The summed E-state index contributed by atoms with van der Waals surface area (Å²) >= 11 is 0. The van der Waals surface area contributed by atoms with Crippen molar-refractivity contribution in [2.75, 3.05) is 5.32 Å².